The molecule has 19 heavy (non-hydrogen) atoms. The van der Waals surface area contributed by atoms with Crippen molar-refractivity contribution >= 4 is 0 Å². The van der Waals surface area contributed by atoms with Crippen LogP contribution >= 0.6 is 0 Å². The first-order valence-electron chi connectivity index (χ1n) is 6.10. The van der Waals surface area contributed by atoms with E-state index >= 15 is 0 Å². The molecule has 0 amide bonds. The van der Waals surface area contributed by atoms with Gasteiger partial charge in [-0.1, -0.05) is 36.4 Å². The predicted molar refractivity (Wildman–Crippen MR) is 72.9 cm³/mol. The number of hydrogen-bond acceptors (Lipinski definition) is 4. The maximum Gasteiger partial charge on any atom is 0.157 e. The number of aromatic hydroxyl groups is 2. The third-order valence-electron chi connectivity index (χ3n) is 2.98. The van der Waals surface area contributed by atoms with Gasteiger partial charge < -0.3 is 20.6 Å². The van der Waals surface area contributed by atoms with Crippen molar-refractivity contribution in [3.8, 4) is 11.5 Å². The van der Waals surface area contributed by atoms with E-state index in [4.69, 9.17) is 0 Å². The van der Waals surface area contributed by atoms with Gasteiger partial charge in [-0.15, -0.1) is 0 Å². The molecule has 1 atom stereocenters. The Bertz CT molecular complexity index is 528. The Morgan fingerprint density at radius 1 is 0.947 bits per heavy atom. The zero-order chi connectivity index (χ0) is 13.7. The van der Waals surface area contributed by atoms with Gasteiger partial charge in [0.05, 0.1) is 12.6 Å². The Kier molecular flexibility index (Phi) is 4.39. The Labute approximate surface area is 112 Å². The first kappa shape index (κ1) is 13.4. The minimum Gasteiger partial charge on any atom is -0.504 e. The number of phenols is 2. The third kappa shape index (κ3) is 3.47. The first-order chi connectivity index (χ1) is 9.20. The van der Waals surface area contributed by atoms with Crippen LogP contribution in [0.1, 0.15) is 17.2 Å². The van der Waals surface area contributed by atoms with Crippen LogP contribution in [0.3, 0.4) is 0 Å². The van der Waals surface area contributed by atoms with Gasteiger partial charge in [0, 0.05) is 6.54 Å². The van der Waals surface area contributed by atoms with E-state index in [0.717, 1.165) is 11.1 Å². The van der Waals surface area contributed by atoms with Gasteiger partial charge in [0.15, 0.2) is 11.5 Å². The summed E-state index contributed by atoms with van der Waals surface area (Å²) in [6, 6.07) is 14.1. The van der Waals surface area contributed by atoms with Crippen molar-refractivity contribution in [1.82, 2.24) is 5.32 Å². The molecule has 0 heterocycles. The highest BCUT2D eigenvalue weighted by Crippen LogP contribution is 2.27. The Balaban J connectivity index is 2.05. The fourth-order valence-corrected chi connectivity index (χ4v) is 1.88. The van der Waals surface area contributed by atoms with Gasteiger partial charge in [-0.05, 0) is 23.3 Å². The van der Waals surface area contributed by atoms with Crippen molar-refractivity contribution < 1.29 is 15.3 Å². The van der Waals surface area contributed by atoms with Crippen LogP contribution in [-0.2, 0) is 6.54 Å². The standard InChI is InChI=1S/C15H17NO3/c17-10-13(12-6-7-14(18)15(19)8-12)16-9-11-4-2-1-3-5-11/h1-8,13,16-19H,9-10H2/t13-/m1/s1. The number of aliphatic hydroxyl groups excluding tert-OH is 1. The summed E-state index contributed by atoms with van der Waals surface area (Å²) in [7, 11) is 0. The zero-order valence-electron chi connectivity index (χ0n) is 10.5. The van der Waals surface area contributed by atoms with Gasteiger partial charge in [0.25, 0.3) is 0 Å². The summed E-state index contributed by atoms with van der Waals surface area (Å²) in [5.74, 6) is -0.346. The van der Waals surface area contributed by atoms with E-state index in [1.165, 1.54) is 12.1 Å². The van der Waals surface area contributed by atoms with E-state index in [1.807, 2.05) is 30.3 Å². The topological polar surface area (TPSA) is 72.7 Å². The van der Waals surface area contributed by atoms with E-state index in [9.17, 15) is 15.3 Å². The molecule has 0 aliphatic carbocycles. The lowest BCUT2D eigenvalue weighted by atomic mass is 10.1. The highest BCUT2D eigenvalue weighted by Gasteiger charge is 2.11. The smallest absolute Gasteiger partial charge is 0.157 e. The summed E-state index contributed by atoms with van der Waals surface area (Å²) in [6.45, 7) is 0.532. The Hall–Kier alpha value is -2.04. The predicted octanol–water partition coefficient (Wildman–Crippen LogP) is 1.92. The number of aliphatic hydroxyl groups is 1. The Morgan fingerprint density at radius 2 is 1.68 bits per heavy atom. The van der Waals surface area contributed by atoms with E-state index in [0.29, 0.717) is 6.54 Å². The fraction of sp³-hybridized carbons (Fsp3) is 0.200. The third-order valence-corrected chi connectivity index (χ3v) is 2.98. The van der Waals surface area contributed by atoms with E-state index < -0.39 is 0 Å². The molecule has 0 fully saturated rings. The molecule has 2 aromatic carbocycles. The fourth-order valence-electron chi connectivity index (χ4n) is 1.88. The van der Waals surface area contributed by atoms with Crippen molar-refractivity contribution in [2.24, 2.45) is 0 Å². The van der Waals surface area contributed by atoms with Crippen molar-refractivity contribution in [1.29, 1.82) is 0 Å². The largest absolute Gasteiger partial charge is 0.504 e. The van der Waals surface area contributed by atoms with Crippen LogP contribution in [-0.4, -0.2) is 21.9 Å². The number of phenolic OH excluding ortho intramolecular Hbond substituents is 2. The molecule has 4 nitrogen and oxygen atoms in total. The summed E-state index contributed by atoms with van der Waals surface area (Å²) < 4.78 is 0. The number of nitrogens with one attached hydrogen (secondary N) is 1. The number of benzene rings is 2. The van der Waals surface area contributed by atoms with Gasteiger partial charge in [-0.3, -0.25) is 0 Å². The first-order valence-corrected chi connectivity index (χ1v) is 6.10. The van der Waals surface area contributed by atoms with Gasteiger partial charge >= 0.3 is 0 Å². The minimum absolute atomic E-state index is 0.0863. The van der Waals surface area contributed by atoms with E-state index in [2.05, 4.69) is 5.32 Å². The molecule has 4 heteroatoms. The van der Waals surface area contributed by atoms with Crippen LogP contribution in [0.25, 0.3) is 0 Å². The molecule has 0 aromatic heterocycles. The van der Waals surface area contributed by atoms with Crippen molar-refractivity contribution in [3.63, 3.8) is 0 Å². The molecule has 0 radical (unpaired) electrons. The van der Waals surface area contributed by atoms with Crippen LogP contribution in [0.15, 0.2) is 48.5 Å². The van der Waals surface area contributed by atoms with Gasteiger partial charge in [-0.25, -0.2) is 0 Å². The molecule has 0 saturated heterocycles. The summed E-state index contributed by atoms with van der Waals surface area (Å²) in [6.07, 6.45) is 0. The average molecular weight is 259 g/mol. The van der Waals surface area contributed by atoms with Crippen molar-refractivity contribution in [2.45, 2.75) is 12.6 Å². The number of rotatable bonds is 5. The normalized spacial score (nSPS) is 12.3. The monoisotopic (exact) mass is 259 g/mol. The van der Waals surface area contributed by atoms with Crippen LogP contribution in [0.4, 0.5) is 0 Å². The molecular weight excluding hydrogens is 242 g/mol. The van der Waals surface area contributed by atoms with E-state index in [-0.39, 0.29) is 24.1 Å². The molecule has 0 bridgehead atoms. The van der Waals surface area contributed by atoms with Crippen LogP contribution < -0.4 is 5.32 Å². The van der Waals surface area contributed by atoms with Crippen LogP contribution in [0.2, 0.25) is 0 Å². The SMILES string of the molecule is OC[C@@H](NCc1ccccc1)c1ccc(O)c(O)c1. The summed E-state index contributed by atoms with van der Waals surface area (Å²) >= 11 is 0. The minimum atomic E-state index is -0.285. The second-order valence-corrected chi connectivity index (χ2v) is 4.35. The molecule has 0 saturated carbocycles. The summed E-state index contributed by atoms with van der Waals surface area (Å²) in [4.78, 5) is 0. The molecule has 100 valence electrons. The maximum absolute atomic E-state index is 9.47. The lowest BCUT2D eigenvalue weighted by molar-refractivity contribution is 0.243. The Morgan fingerprint density at radius 3 is 2.32 bits per heavy atom. The van der Waals surface area contributed by atoms with E-state index in [1.54, 1.807) is 6.07 Å². The van der Waals surface area contributed by atoms with Crippen LogP contribution in [0, 0.1) is 0 Å². The van der Waals surface area contributed by atoms with Gasteiger partial charge in [0.2, 0.25) is 0 Å². The second kappa shape index (κ2) is 6.22. The highest BCUT2D eigenvalue weighted by molar-refractivity contribution is 5.41. The molecule has 2 aromatic rings. The molecule has 0 aliphatic rings. The molecule has 4 N–H and O–H groups in total. The summed E-state index contributed by atoms with van der Waals surface area (Å²) in [5.41, 5.74) is 1.85. The van der Waals surface area contributed by atoms with Crippen molar-refractivity contribution in [3.05, 3.63) is 59.7 Å². The molecule has 0 aliphatic heterocycles. The van der Waals surface area contributed by atoms with Crippen LogP contribution in [0.5, 0.6) is 11.5 Å². The molecule has 0 unspecified atom stereocenters. The molecule has 0 spiro atoms. The number of hydrogen-bond donors (Lipinski definition) is 4. The molecule has 2 rings (SSSR count). The molecular formula is C15H17NO3. The summed E-state index contributed by atoms with van der Waals surface area (Å²) in [5, 5.41) is 31.4. The lowest BCUT2D eigenvalue weighted by Gasteiger charge is -2.17. The lowest BCUT2D eigenvalue weighted by Crippen LogP contribution is -2.23. The average Bonchev–Trinajstić information content (AvgIpc) is 2.44. The maximum atomic E-state index is 9.47. The highest BCUT2D eigenvalue weighted by atomic mass is 16.3. The van der Waals surface area contributed by atoms with Gasteiger partial charge in [0.1, 0.15) is 0 Å². The zero-order valence-corrected chi connectivity index (χ0v) is 10.5. The van der Waals surface area contributed by atoms with Crippen molar-refractivity contribution in [2.75, 3.05) is 6.61 Å². The quantitative estimate of drug-likeness (QED) is 0.619. The second-order valence-electron chi connectivity index (χ2n) is 4.35. The van der Waals surface area contributed by atoms with Gasteiger partial charge in [-0.2, -0.15) is 0 Å².